The fourth-order valence-electron chi connectivity index (χ4n) is 1.06. The number of urea groups is 1. The van der Waals surface area contributed by atoms with Crippen LogP contribution in [0.5, 0.6) is 0 Å². The molecule has 0 aliphatic rings. The topological polar surface area (TPSA) is 41.1 Å². The van der Waals surface area contributed by atoms with Gasteiger partial charge in [-0.25, -0.2) is 4.79 Å². The van der Waals surface area contributed by atoms with Gasteiger partial charge in [0.25, 0.3) is 0 Å². The van der Waals surface area contributed by atoms with Gasteiger partial charge in [-0.1, -0.05) is 15.9 Å². The molecular formula is C10H13BrN2O. The van der Waals surface area contributed by atoms with Crippen molar-refractivity contribution in [2.75, 3.05) is 11.9 Å². The molecule has 76 valence electrons. The van der Waals surface area contributed by atoms with Gasteiger partial charge in [-0.15, -0.1) is 0 Å². The highest BCUT2D eigenvalue weighted by Crippen LogP contribution is 2.19. The van der Waals surface area contributed by atoms with Crippen molar-refractivity contribution in [3.8, 4) is 0 Å². The van der Waals surface area contributed by atoms with Crippen molar-refractivity contribution in [1.29, 1.82) is 0 Å². The van der Waals surface area contributed by atoms with Crippen LogP contribution in [0.4, 0.5) is 10.5 Å². The molecule has 0 unspecified atom stereocenters. The summed E-state index contributed by atoms with van der Waals surface area (Å²) in [7, 11) is 0. The van der Waals surface area contributed by atoms with E-state index in [9.17, 15) is 4.79 Å². The van der Waals surface area contributed by atoms with E-state index in [1.54, 1.807) is 0 Å². The van der Waals surface area contributed by atoms with E-state index in [-0.39, 0.29) is 6.03 Å². The van der Waals surface area contributed by atoms with Crippen LogP contribution in [0.25, 0.3) is 0 Å². The largest absolute Gasteiger partial charge is 0.338 e. The second kappa shape index (κ2) is 5.00. The van der Waals surface area contributed by atoms with Crippen molar-refractivity contribution in [1.82, 2.24) is 5.32 Å². The summed E-state index contributed by atoms with van der Waals surface area (Å²) in [5.41, 5.74) is 1.90. The molecule has 2 N–H and O–H groups in total. The molecular weight excluding hydrogens is 244 g/mol. The van der Waals surface area contributed by atoms with Crippen LogP contribution in [0, 0.1) is 6.92 Å². The Morgan fingerprint density at radius 3 is 2.79 bits per heavy atom. The quantitative estimate of drug-likeness (QED) is 0.840. The van der Waals surface area contributed by atoms with Crippen LogP contribution < -0.4 is 10.6 Å². The van der Waals surface area contributed by atoms with Crippen molar-refractivity contribution in [2.45, 2.75) is 13.8 Å². The molecule has 0 bridgehead atoms. The van der Waals surface area contributed by atoms with E-state index in [4.69, 9.17) is 0 Å². The molecule has 0 saturated heterocycles. The van der Waals surface area contributed by atoms with Crippen molar-refractivity contribution < 1.29 is 4.79 Å². The summed E-state index contributed by atoms with van der Waals surface area (Å²) in [6.07, 6.45) is 0. The number of rotatable bonds is 2. The van der Waals surface area contributed by atoms with Crippen LogP contribution in [0.3, 0.4) is 0 Å². The van der Waals surface area contributed by atoms with Crippen LogP contribution in [-0.2, 0) is 0 Å². The predicted octanol–water partition coefficient (Wildman–Crippen LogP) is 2.90. The monoisotopic (exact) mass is 256 g/mol. The lowest BCUT2D eigenvalue weighted by atomic mass is 10.2. The van der Waals surface area contributed by atoms with Gasteiger partial charge in [0.15, 0.2) is 0 Å². The minimum Gasteiger partial charge on any atom is -0.338 e. The summed E-state index contributed by atoms with van der Waals surface area (Å²) in [4.78, 5) is 11.2. The molecule has 0 aromatic heterocycles. The van der Waals surface area contributed by atoms with Gasteiger partial charge >= 0.3 is 6.03 Å². The van der Waals surface area contributed by atoms with Gasteiger partial charge in [-0.2, -0.15) is 0 Å². The van der Waals surface area contributed by atoms with Gasteiger partial charge in [0.05, 0.1) is 0 Å². The van der Waals surface area contributed by atoms with Gasteiger partial charge in [0.1, 0.15) is 0 Å². The first-order valence-corrected chi connectivity index (χ1v) is 5.23. The van der Waals surface area contributed by atoms with Crippen LogP contribution in [0.15, 0.2) is 22.7 Å². The average Bonchev–Trinajstić information content (AvgIpc) is 2.12. The molecule has 1 rings (SSSR count). The van der Waals surface area contributed by atoms with E-state index < -0.39 is 0 Å². The number of carbonyl (C=O) groups is 1. The lowest BCUT2D eigenvalue weighted by Gasteiger charge is -2.07. The van der Waals surface area contributed by atoms with E-state index in [1.165, 1.54) is 0 Å². The lowest BCUT2D eigenvalue weighted by Crippen LogP contribution is -2.28. The molecule has 2 amide bonds. The summed E-state index contributed by atoms with van der Waals surface area (Å²) < 4.78 is 1.04. The Hall–Kier alpha value is -1.03. The van der Waals surface area contributed by atoms with Crippen molar-refractivity contribution >= 4 is 27.6 Å². The maximum atomic E-state index is 11.2. The number of benzene rings is 1. The molecule has 3 nitrogen and oxygen atoms in total. The summed E-state index contributed by atoms with van der Waals surface area (Å²) >= 11 is 3.40. The lowest BCUT2D eigenvalue weighted by molar-refractivity contribution is 0.252. The molecule has 4 heteroatoms. The Morgan fingerprint density at radius 2 is 2.21 bits per heavy atom. The van der Waals surface area contributed by atoms with E-state index in [0.29, 0.717) is 6.54 Å². The van der Waals surface area contributed by atoms with E-state index >= 15 is 0 Å². The molecule has 14 heavy (non-hydrogen) atoms. The summed E-state index contributed by atoms with van der Waals surface area (Å²) in [6, 6.07) is 5.51. The second-order valence-corrected chi connectivity index (χ2v) is 3.80. The second-order valence-electron chi connectivity index (χ2n) is 2.95. The van der Waals surface area contributed by atoms with Crippen molar-refractivity contribution in [3.63, 3.8) is 0 Å². The van der Waals surface area contributed by atoms with E-state index in [1.807, 2.05) is 32.0 Å². The first kappa shape index (κ1) is 11.0. The Labute approximate surface area is 92.0 Å². The molecule has 0 aliphatic heterocycles. The third kappa shape index (κ3) is 3.03. The number of amides is 2. The Balaban J connectivity index is 2.68. The number of hydrogen-bond donors (Lipinski definition) is 2. The van der Waals surface area contributed by atoms with Crippen LogP contribution in [0.1, 0.15) is 12.5 Å². The summed E-state index contributed by atoms with van der Waals surface area (Å²) in [5, 5.41) is 5.41. The van der Waals surface area contributed by atoms with E-state index in [2.05, 4.69) is 26.6 Å². The number of aryl methyl sites for hydroxylation is 1. The SMILES string of the molecule is CCNC(=O)Nc1ccc(Br)c(C)c1. The highest BCUT2D eigenvalue weighted by Gasteiger charge is 2.00. The number of halogens is 1. The minimum atomic E-state index is -0.172. The molecule has 0 atom stereocenters. The predicted molar refractivity (Wildman–Crippen MR) is 61.6 cm³/mol. The van der Waals surface area contributed by atoms with Crippen LogP contribution >= 0.6 is 15.9 Å². The molecule has 0 aliphatic carbocycles. The number of hydrogen-bond acceptors (Lipinski definition) is 1. The fourth-order valence-corrected chi connectivity index (χ4v) is 1.30. The number of carbonyl (C=O) groups excluding carboxylic acids is 1. The molecule has 1 aromatic carbocycles. The van der Waals surface area contributed by atoms with Gasteiger partial charge in [0.2, 0.25) is 0 Å². The normalized spacial score (nSPS) is 9.64. The molecule has 0 heterocycles. The minimum absolute atomic E-state index is 0.172. The Morgan fingerprint density at radius 1 is 1.50 bits per heavy atom. The van der Waals surface area contributed by atoms with Crippen molar-refractivity contribution in [2.24, 2.45) is 0 Å². The summed E-state index contributed by atoms with van der Waals surface area (Å²) in [6.45, 7) is 4.49. The molecule has 0 saturated carbocycles. The van der Waals surface area contributed by atoms with Gasteiger partial charge < -0.3 is 10.6 Å². The van der Waals surface area contributed by atoms with Crippen LogP contribution in [-0.4, -0.2) is 12.6 Å². The highest BCUT2D eigenvalue weighted by molar-refractivity contribution is 9.10. The first-order valence-electron chi connectivity index (χ1n) is 4.44. The zero-order valence-corrected chi connectivity index (χ0v) is 9.81. The molecule has 1 aromatic rings. The first-order chi connectivity index (χ1) is 6.63. The Kier molecular flexibility index (Phi) is 3.95. The smallest absolute Gasteiger partial charge is 0.319 e. The fraction of sp³-hybridized carbons (Fsp3) is 0.300. The Bertz CT molecular complexity index is 339. The summed E-state index contributed by atoms with van der Waals surface area (Å²) in [5.74, 6) is 0. The maximum Gasteiger partial charge on any atom is 0.319 e. The van der Waals surface area contributed by atoms with Crippen LogP contribution in [0.2, 0.25) is 0 Å². The van der Waals surface area contributed by atoms with Crippen molar-refractivity contribution in [3.05, 3.63) is 28.2 Å². The van der Waals surface area contributed by atoms with Gasteiger partial charge in [-0.05, 0) is 37.6 Å². The third-order valence-corrected chi connectivity index (χ3v) is 2.64. The average molecular weight is 257 g/mol. The maximum absolute atomic E-state index is 11.2. The molecule has 0 spiro atoms. The third-order valence-electron chi connectivity index (χ3n) is 1.75. The standard InChI is InChI=1S/C10H13BrN2O/c1-3-12-10(14)13-8-4-5-9(11)7(2)6-8/h4-6H,3H2,1-2H3,(H2,12,13,14). The van der Waals surface area contributed by atoms with Gasteiger partial charge in [-0.3, -0.25) is 0 Å². The van der Waals surface area contributed by atoms with Gasteiger partial charge in [0, 0.05) is 16.7 Å². The zero-order chi connectivity index (χ0) is 10.6. The molecule has 0 radical (unpaired) electrons. The highest BCUT2D eigenvalue weighted by atomic mass is 79.9. The van der Waals surface area contributed by atoms with E-state index in [0.717, 1.165) is 15.7 Å². The molecule has 0 fully saturated rings. The number of nitrogens with one attached hydrogen (secondary N) is 2. The zero-order valence-electron chi connectivity index (χ0n) is 8.23. The number of anilines is 1.